The lowest BCUT2D eigenvalue weighted by Crippen LogP contribution is -2.62. The number of likely N-dealkylation sites (N-methyl/N-ethyl adjacent to an activating group) is 1. The molecule has 2 bridgehead atoms. The van der Waals surface area contributed by atoms with Crippen molar-refractivity contribution >= 4 is 0 Å². The summed E-state index contributed by atoms with van der Waals surface area (Å²) < 4.78 is 24.4. The fraction of sp³-hybridized carbons (Fsp3) is 0.455. The van der Waals surface area contributed by atoms with Gasteiger partial charge in [-0.2, -0.15) is 0 Å². The van der Waals surface area contributed by atoms with Gasteiger partial charge in [0.2, 0.25) is 0 Å². The molecule has 2 atom stereocenters. The van der Waals surface area contributed by atoms with Gasteiger partial charge in [-0.05, 0) is 80.1 Å². The van der Waals surface area contributed by atoms with E-state index in [9.17, 15) is 4.39 Å². The number of fused-ring (bicyclic) bond motifs is 2. The Kier molecular flexibility index (Phi) is 4.86. The van der Waals surface area contributed by atoms with Crippen LogP contribution in [-0.2, 0) is 6.42 Å². The van der Waals surface area contributed by atoms with Crippen molar-refractivity contribution in [2.45, 2.75) is 31.3 Å². The fourth-order valence-electron chi connectivity index (χ4n) is 4.49. The molecule has 0 radical (unpaired) electrons. The minimum absolute atomic E-state index is 0.231. The summed E-state index contributed by atoms with van der Waals surface area (Å²) in [6.07, 6.45) is 3.65. The normalized spacial score (nSPS) is 27.7. The van der Waals surface area contributed by atoms with E-state index in [1.54, 1.807) is 19.2 Å². The third-order valence-electron chi connectivity index (χ3n) is 6.21. The topological polar surface area (TPSA) is 21.7 Å². The van der Waals surface area contributed by atoms with Crippen molar-refractivity contribution in [3.8, 4) is 11.5 Å². The molecule has 2 aromatic rings. The Bertz CT molecular complexity index is 725. The number of piperidine rings is 2. The zero-order valence-electron chi connectivity index (χ0n) is 15.4. The second-order valence-electron chi connectivity index (χ2n) is 7.60. The number of hydrogen-bond donors (Lipinski definition) is 0. The molecule has 138 valence electrons. The largest absolute Gasteiger partial charge is 0.497 e. The van der Waals surface area contributed by atoms with Gasteiger partial charge in [0, 0.05) is 12.1 Å². The molecule has 2 heterocycles. The molecule has 3 aliphatic rings. The highest BCUT2D eigenvalue weighted by Crippen LogP contribution is 2.47. The van der Waals surface area contributed by atoms with Crippen molar-refractivity contribution in [1.29, 1.82) is 0 Å². The van der Waals surface area contributed by atoms with Gasteiger partial charge in [0.05, 0.1) is 7.11 Å². The van der Waals surface area contributed by atoms with Crippen molar-refractivity contribution in [2.75, 3.05) is 20.8 Å². The lowest BCUT2D eigenvalue weighted by atomic mass is 9.63. The van der Waals surface area contributed by atoms with Crippen LogP contribution in [0.2, 0.25) is 0 Å². The van der Waals surface area contributed by atoms with Crippen molar-refractivity contribution in [1.82, 2.24) is 4.90 Å². The number of methoxy groups -OCH3 is 1. The highest BCUT2D eigenvalue weighted by molar-refractivity contribution is 5.28. The Hall–Kier alpha value is -2.07. The van der Waals surface area contributed by atoms with Crippen LogP contribution < -0.4 is 9.47 Å². The van der Waals surface area contributed by atoms with Crippen molar-refractivity contribution < 1.29 is 13.9 Å². The number of halogens is 1. The molecular weight excluding hydrogens is 329 g/mol. The Balaban J connectivity index is 1.45. The van der Waals surface area contributed by atoms with E-state index in [1.807, 2.05) is 12.1 Å². The lowest BCUT2D eigenvalue weighted by molar-refractivity contribution is -0.0788. The Morgan fingerprint density at radius 2 is 1.65 bits per heavy atom. The number of benzene rings is 2. The van der Waals surface area contributed by atoms with Crippen LogP contribution in [0.3, 0.4) is 0 Å². The average Bonchev–Trinajstić information content (AvgIpc) is 2.62. The Morgan fingerprint density at radius 3 is 2.31 bits per heavy atom. The first kappa shape index (κ1) is 17.3. The number of rotatable bonds is 6. The second-order valence-corrected chi connectivity index (χ2v) is 7.60. The standard InChI is InChI=1S/C22H26FNO2/c1-24-18-12-16(13-18)21(11-15-3-7-19(25-2)8-4-15)22(24)14-26-20-9-5-17(23)6-10-20/h3-10,16,18,21-22H,11-14H2,1-2H3. The summed E-state index contributed by atoms with van der Waals surface area (Å²) in [7, 11) is 3.92. The second kappa shape index (κ2) is 7.28. The SMILES string of the molecule is COc1ccc(CC2C3CC(C3)N(C)C2COc2ccc(F)cc2)cc1. The summed E-state index contributed by atoms with van der Waals surface area (Å²) in [6, 6.07) is 15.8. The molecule has 0 aromatic heterocycles. The van der Waals surface area contributed by atoms with Crippen LogP contribution in [0.15, 0.2) is 48.5 Å². The van der Waals surface area contributed by atoms with E-state index >= 15 is 0 Å². The van der Waals surface area contributed by atoms with Gasteiger partial charge in [-0.3, -0.25) is 4.90 Å². The van der Waals surface area contributed by atoms with Crippen LogP contribution in [0.25, 0.3) is 0 Å². The van der Waals surface area contributed by atoms with E-state index in [0.29, 0.717) is 24.6 Å². The van der Waals surface area contributed by atoms with Gasteiger partial charge < -0.3 is 9.47 Å². The van der Waals surface area contributed by atoms with Crippen LogP contribution in [-0.4, -0.2) is 37.7 Å². The minimum Gasteiger partial charge on any atom is -0.497 e. The molecule has 1 saturated carbocycles. The molecule has 4 heteroatoms. The maximum atomic E-state index is 13.1. The number of ether oxygens (including phenoxy) is 2. The van der Waals surface area contributed by atoms with Gasteiger partial charge in [-0.15, -0.1) is 0 Å². The Labute approximate surface area is 154 Å². The predicted molar refractivity (Wildman–Crippen MR) is 100 cm³/mol. The lowest BCUT2D eigenvalue weighted by Gasteiger charge is -2.57. The smallest absolute Gasteiger partial charge is 0.123 e. The van der Waals surface area contributed by atoms with Crippen LogP contribution in [0.5, 0.6) is 11.5 Å². The van der Waals surface area contributed by atoms with Crippen LogP contribution >= 0.6 is 0 Å². The molecule has 26 heavy (non-hydrogen) atoms. The average molecular weight is 355 g/mol. The van der Waals surface area contributed by atoms with Crippen molar-refractivity contribution in [3.63, 3.8) is 0 Å². The summed E-state index contributed by atoms with van der Waals surface area (Å²) in [5.74, 6) is 2.77. The van der Waals surface area contributed by atoms with Gasteiger partial charge >= 0.3 is 0 Å². The number of nitrogens with zero attached hydrogens (tertiary/aromatic N) is 1. The summed E-state index contributed by atoms with van der Waals surface area (Å²) in [5, 5.41) is 0. The van der Waals surface area contributed by atoms with Gasteiger partial charge in [0.1, 0.15) is 23.9 Å². The molecule has 3 nitrogen and oxygen atoms in total. The predicted octanol–water partition coefficient (Wildman–Crippen LogP) is 4.16. The minimum atomic E-state index is -0.231. The van der Waals surface area contributed by atoms with Crippen LogP contribution in [0, 0.1) is 17.7 Å². The summed E-state index contributed by atoms with van der Waals surface area (Å²) in [4.78, 5) is 2.50. The maximum absolute atomic E-state index is 13.1. The molecule has 0 spiro atoms. The van der Waals surface area contributed by atoms with Crippen LogP contribution in [0.4, 0.5) is 4.39 Å². The van der Waals surface area contributed by atoms with E-state index in [4.69, 9.17) is 9.47 Å². The zero-order valence-corrected chi connectivity index (χ0v) is 15.4. The highest BCUT2D eigenvalue weighted by Gasteiger charge is 2.48. The first-order valence-electron chi connectivity index (χ1n) is 9.37. The molecule has 1 aliphatic carbocycles. The van der Waals surface area contributed by atoms with Gasteiger partial charge in [-0.25, -0.2) is 4.39 Å². The van der Waals surface area contributed by atoms with E-state index in [2.05, 4.69) is 24.1 Å². The van der Waals surface area contributed by atoms with E-state index in [1.165, 1.54) is 30.5 Å². The van der Waals surface area contributed by atoms with E-state index < -0.39 is 0 Å². The maximum Gasteiger partial charge on any atom is 0.123 e. The van der Waals surface area contributed by atoms with Crippen molar-refractivity contribution in [3.05, 3.63) is 59.9 Å². The highest BCUT2D eigenvalue weighted by atomic mass is 19.1. The third kappa shape index (κ3) is 3.43. The van der Waals surface area contributed by atoms with Gasteiger partial charge in [0.25, 0.3) is 0 Å². The quantitative estimate of drug-likeness (QED) is 0.776. The molecule has 2 aliphatic heterocycles. The molecule has 0 amide bonds. The van der Waals surface area contributed by atoms with Gasteiger partial charge in [0.15, 0.2) is 0 Å². The molecule has 2 aromatic carbocycles. The summed E-state index contributed by atoms with van der Waals surface area (Å²) >= 11 is 0. The molecule has 3 fully saturated rings. The zero-order chi connectivity index (χ0) is 18.1. The third-order valence-corrected chi connectivity index (χ3v) is 6.21. The van der Waals surface area contributed by atoms with E-state index in [0.717, 1.165) is 23.8 Å². The molecule has 0 N–H and O–H groups in total. The number of hydrogen-bond acceptors (Lipinski definition) is 3. The molecule has 2 saturated heterocycles. The molecule has 2 unspecified atom stereocenters. The first-order chi connectivity index (χ1) is 12.6. The fourth-order valence-corrected chi connectivity index (χ4v) is 4.49. The monoisotopic (exact) mass is 355 g/mol. The molecule has 5 rings (SSSR count). The summed E-state index contributed by atoms with van der Waals surface area (Å²) in [6.45, 7) is 0.649. The van der Waals surface area contributed by atoms with Gasteiger partial charge in [-0.1, -0.05) is 12.1 Å². The summed E-state index contributed by atoms with van der Waals surface area (Å²) in [5.41, 5.74) is 1.35. The van der Waals surface area contributed by atoms with E-state index in [-0.39, 0.29) is 5.82 Å². The Morgan fingerprint density at radius 1 is 1.00 bits per heavy atom. The van der Waals surface area contributed by atoms with Crippen molar-refractivity contribution in [2.24, 2.45) is 11.8 Å². The van der Waals surface area contributed by atoms with Crippen LogP contribution in [0.1, 0.15) is 18.4 Å². The molecular formula is C22H26FNO2. The first-order valence-corrected chi connectivity index (χ1v) is 9.37.